The van der Waals surface area contributed by atoms with Gasteiger partial charge in [0, 0.05) is 25.3 Å². The molecule has 2 aromatic carbocycles. The molecule has 2 atom stereocenters. The number of carboxylic acids is 1. The van der Waals surface area contributed by atoms with E-state index >= 15 is 0 Å². The summed E-state index contributed by atoms with van der Waals surface area (Å²) in [5.74, 6) is -2.33. The maximum atomic E-state index is 14.0. The number of anilines is 2. The summed E-state index contributed by atoms with van der Waals surface area (Å²) >= 11 is 0. The van der Waals surface area contributed by atoms with Crippen LogP contribution >= 0.6 is 0 Å². The maximum Gasteiger partial charge on any atom is 0.416 e. The van der Waals surface area contributed by atoms with Gasteiger partial charge in [-0.15, -0.1) is 5.10 Å². The van der Waals surface area contributed by atoms with Crippen molar-refractivity contribution in [3.63, 3.8) is 0 Å². The van der Waals surface area contributed by atoms with Crippen LogP contribution in [0.3, 0.4) is 0 Å². The fourth-order valence-electron chi connectivity index (χ4n) is 5.26. The van der Waals surface area contributed by atoms with Crippen molar-refractivity contribution >= 4 is 17.6 Å². The largest absolute Gasteiger partial charge is 0.481 e. The molecule has 1 aliphatic heterocycles. The molecule has 0 bridgehead atoms. The summed E-state index contributed by atoms with van der Waals surface area (Å²) in [5.41, 5.74) is -4.33. The molecule has 0 spiro atoms. The predicted octanol–water partition coefficient (Wildman–Crippen LogP) is 6.64. The van der Waals surface area contributed by atoms with E-state index in [1.807, 2.05) is 0 Å². The van der Waals surface area contributed by atoms with E-state index in [-0.39, 0.29) is 54.8 Å². The molecular formula is C27H27F9N6O2. The number of alkyl halides is 9. The number of benzene rings is 2. The molecule has 240 valence electrons. The predicted molar refractivity (Wildman–Crippen MR) is 139 cm³/mol. The van der Waals surface area contributed by atoms with Crippen molar-refractivity contribution in [1.82, 2.24) is 20.2 Å². The summed E-state index contributed by atoms with van der Waals surface area (Å²) in [6, 6.07) is 2.34. The van der Waals surface area contributed by atoms with Gasteiger partial charge in [-0.05, 0) is 65.9 Å². The first-order valence-electron chi connectivity index (χ1n) is 13.2. The van der Waals surface area contributed by atoms with Gasteiger partial charge in [-0.3, -0.25) is 4.79 Å². The third-order valence-electron chi connectivity index (χ3n) is 7.33. The number of halogens is 9. The van der Waals surface area contributed by atoms with Gasteiger partial charge in [0.05, 0.1) is 35.7 Å². The summed E-state index contributed by atoms with van der Waals surface area (Å²) < 4.78 is 124. The van der Waals surface area contributed by atoms with Crippen LogP contribution in [0.15, 0.2) is 30.3 Å². The van der Waals surface area contributed by atoms with Crippen molar-refractivity contribution in [2.75, 3.05) is 22.9 Å². The fourth-order valence-corrected chi connectivity index (χ4v) is 5.26. The highest BCUT2D eigenvalue weighted by Gasteiger charge is 2.39. The van der Waals surface area contributed by atoms with Gasteiger partial charge in [0.2, 0.25) is 0 Å². The molecule has 8 nitrogen and oxygen atoms in total. The van der Waals surface area contributed by atoms with Crippen molar-refractivity contribution in [1.29, 1.82) is 0 Å². The molecule has 1 N–H and O–H groups in total. The molecule has 0 amide bonds. The van der Waals surface area contributed by atoms with Crippen LogP contribution in [0.4, 0.5) is 51.1 Å². The zero-order valence-corrected chi connectivity index (χ0v) is 23.5. The Hall–Kier alpha value is -4.05. The highest BCUT2D eigenvalue weighted by molar-refractivity contribution is 5.71. The number of rotatable bonds is 7. The molecule has 1 aliphatic rings. The van der Waals surface area contributed by atoms with Gasteiger partial charge in [-0.2, -0.15) is 44.3 Å². The van der Waals surface area contributed by atoms with E-state index < -0.39 is 65.3 Å². The Morgan fingerprint density at radius 2 is 1.61 bits per heavy atom. The number of carboxylic acid groups (broad SMARTS) is 1. The first-order valence-corrected chi connectivity index (χ1v) is 13.2. The van der Waals surface area contributed by atoms with E-state index in [1.54, 1.807) is 0 Å². The smallest absolute Gasteiger partial charge is 0.416 e. The number of aromatic nitrogens is 4. The van der Waals surface area contributed by atoms with Gasteiger partial charge in [0.1, 0.15) is 0 Å². The van der Waals surface area contributed by atoms with Crippen LogP contribution in [0.2, 0.25) is 0 Å². The van der Waals surface area contributed by atoms with E-state index in [0.717, 1.165) is 10.9 Å². The average Bonchev–Trinajstić information content (AvgIpc) is 3.25. The molecule has 0 saturated carbocycles. The Balaban J connectivity index is 1.91. The third kappa shape index (κ3) is 7.18. The summed E-state index contributed by atoms with van der Waals surface area (Å²) in [7, 11) is 1.39. The van der Waals surface area contributed by atoms with Crippen LogP contribution in [-0.2, 0) is 36.9 Å². The molecule has 0 radical (unpaired) electrons. The fraction of sp³-hybridized carbons (Fsp3) is 0.481. The number of aliphatic carboxylic acids is 1. The normalized spacial score (nSPS) is 16.8. The van der Waals surface area contributed by atoms with Crippen molar-refractivity contribution in [3.05, 3.63) is 63.7 Å². The van der Waals surface area contributed by atoms with Crippen LogP contribution in [-0.4, -0.2) is 44.4 Å². The van der Waals surface area contributed by atoms with Crippen molar-refractivity contribution in [2.45, 2.75) is 57.8 Å². The second kappa shape index (κ2) is 11.8. The lowest BCUT2D eigenvalue weighted by molar-refractivity contribution is -0.143. The van der Waals surface area contributed by atoms with Crippen molar-refractivity contribution in [3.8, 4) is 0 Å². The van der Waals surface area contributed by atoms with E-state index in [4.69, 9.17) is 0 Å². The molecule has 2 heterocycles. The summed E-state index contributed by atoms with van der Waals surface area (Å²) in [4.78, 5) is 15.4. The average molecular weight is 639 g/mol. The van der Waals surface area contributed by atoms with Gasteiger partial charge in [-0.1, -0.05) is 18.1 Å². The van der Waals surface area contributed by atoms with Crippen LogP contribution in [0.5, 0.6) is 0 Å². The van der Waals surface area contributed by atoms with E-state index in [0.29, 0.717) is 12.1 Å². The van der Waals surface area contributed by atoms with E-state index in [9.17, 15) is 49.4 Å². The van der Waals surface area contributed by atoms with Gasteiger partial charge in [0.25, 0.3) is 5.95 Å². The van der Waals surface area contributed by atoms with Crippen LogP contribution in [0.25, 0.3) is 0 Å². The summed E-state index contributed by atoms with van der Waals surface area (Å²) in [5, 5.41) is 21.2. The van der Waals surface area contributed by atoms with Gasteiger partial charge >= 0.3 is 24.5 Å². The number of hydrogen-bond acceptors (Lipinski definition) is 6. The number of hydrogen-bond donors (Lipinski definition) is 1. The quantitative estimate of drug-likeness (QED) is 0.290. The maximum absolute atomic E-state index is 14.0. The van der Waals surface area contributed by atoms with Gasteiger partial charge in [0.15, 0.2) is 0 Å². The van der Waals surface area contributed by atoms with Gasteiger partial charge in [-0.25, -0.2) is 0 Å². The topological polar surface area (TPSA) is 87.4 Å². The number of tetrazole rings is 1. The first kappa shape index (κ1) is 32.9. The second-order valence-electron chi connectivity index (χ2n) is 10.7. The zero-order valence-electron chi connectivity index (χ0n) is 23.5. The van der Waals surface area contributed by atoms with E-state index in [1.165, 1.54) is 36.8 Å². The Morgan fingerprint density at radius 3 is 2.11 bits per heavy atom. The SMILES string of the molecule is Cc1cc2c(cc1C(F)(F)F)N(CC(C)C(=O)O)CCC[C@@H]2N(Cc1cc(C(F)(F)F)cc(C(F)(F)F)c1)c1nnn(C)n1. The minimum absolute atomic E-state index is 0.00111. The molecule has 0 saturated heterocycles. The number of nitrogens with zero attached hydrogens (tertiary/aromatic N) is 6. The molecule has 1 unspecified atom stereocenters. The highest BCUT2D eigenvalue weighted by atomic mass is 19.4. The number of fused-ring (bicyclic) bond motifs is 1. The number of aryl methyl sites for hydroxylation is 2. The summed E-state index contributed by atoms with van der Waals surface area (Å²) in [6.45, 7) is 2.01. The van der Waals surface area contributed by atoms with Crippen LogP contribution in [0.1, 0.15) is 59.2 Å². The molecule has 44 heavy (non-hydrogen) atoms. The Labute approximate surface area is 245 Å². The van der Waals surface area contributed by atoms with Crippen molar-refractivity contribution in [2.24, 2.45) is 13.0 Å². The molecule has 1 aromatic heterocycles. The minimum atomic E-state index is -5.10. The minimum Gasteiger partial charge on any atom is -0.481 e. The molecule has 3 aromatic rings. The Kier molecular flexibility index (Phi) is 8.81. The molecule has 17 heteroatoms. The van der Waals surface area contributed by atoms with Crippen LogP contribution < -0.4 is 9.80 Å². The zero-order chi connectivity index (χ0) is 32.8. The second-order valence-corrected chi connectivity index (χ2v) is 10.7. The summed E-state index contributed by atoms with van der Waals surface area (Å²) in [6.07, 6.45) is -14.5. The number of carbonyl (C=O) groups is 1. The lowest BCUT2D eigenvalue weighted by Gasteiger charge is -2.33. The van der Waals surface area contributed by atoms with Crippen molar-refractivity contribution < 1.29 is 49.4 Å². The molecule has 4 rings (SSSR count). The third-order valence-corrected chi connectivity index (χ3v) is 7.33. The lowest BCUT2D eigenvalue weighted by atomic mass is 9.94. The highest BCUT2D eigenvalue weighted by Crippen LogP contribution is 2.44. The van der Waals surface area contributed by atoms with Gasteiger partial charge < -0.3 is 14.9 Å². The van der Waals surface area contributed by atoms with E-state index in [2.05, 4.69) is 15.4 Å². The Bertz CT molecular complexity index is 1480. The lowest BCUT2D eigenvalue weighted by Crippen LogP contribution is -2.33. The van der Waals surface area contributed by atoms with Crippen LogP contribution in [0, 0.1) is 12.8 Å². The first-order chi connectivity index (χ1) is 20.3. The standard InChI is InChI=1S/C27H27F9N6O2/c1-14-7-19-21(5-4-6-41(12-15(2)23(43)44)22(19)11-20(14)27(34,35)36)42(24-37-39-40(3)38-24)13-16-8-17(25(28,29)30)10-18(9-16)26(31,32)33/h7-11,15,21H,4-6,12-13H2,1-3H3,(H,43,44)/t15?,21-/m0/s1. The molecular weight excluding hydrogens is 611 g/mol. The molecule has 0 fully saturated rings. The Morgan fingerprint density at radius 1 is 1.00 bits per heavy atom. The molecule has 0 aliphatic carbocycles. The monoisotopic (exact) mass is 638 g/mol.